The fourth-order valence-corrected chi connectivity index (χ4v) is 0.561. The Morgan fingerprint density at radius 3 is 2.07 bits per heavy atom. The van der Waals surface area contributed by atoms with E-state index in [1.165, 1.54) is 7.11 Å². The van der Waals surface area contributed by atoms with Gasteiger partial charge in [-0.3, -0.25) is 0 Å². The molecule has 0 spiro atoms. The molecule has 1 N–H and O–H groups in total. The quantitative estimate of drug-likeness (QED) is 0.539. The highest BCUT2D eigenvalue weighted by molar-refractivity contribution is 5.86. The van der Waals surface area contributed by atoms with Crippen LogP contribution in [0.1, 0.15) is 13.3 Å². The fraction of sp³-hybridized carbons (Fsp3) is 0.700. The van der Waals surface area contributed by atoms with Crippen LogP contribution in [0.25, 0.3) is 0 Å². The normalized spacial score (nSPS) is 9.00. The molecule has 4 nitrogen and oxygen atoms in total. The van der Waals surface area contributed by atoms with Gasteiger partial charge < -0.3 is 14.7 Å². The molecule has 14 heavy (non-hydrogen) atoms. The van der Waals surface area contributed by atoms with Crippen molar-refractivity contribution in [1.82, 2.24) is 4.90 Å². The van der Waals surface area contributed by atoms with Crippen LogP contribution in [0.4, 0.5) is 0 Å². The van der Waals surface area contributed by atoms with Crippen LogP contribution >= 0.6 is 0 Å². The first-order valence-corrected chi connectivity index (χ1v) is 4.45. The molecule has 0 saturated carbocycles. The van der Waals surface area contributed by atoms with Gasteiger partial charge in [-0.1, -0.05) is 6.58 Å². The number of carbonyl (C=O) groups excluding carboxylic acids is 1. The molecule has 84 valence electrons. The Kier molecular flexibility index (Phi) is 11.4. The largest absolute Gasteiger partial charge is 0.466 e. The number of methoxy groups -OCH3 is 1. The summed E-state index contributed by atoms with van der Waals surface area (Å²) < 4.78 is 4.27. The van der Waals surface area contributed by atoms with Gasteiger partial charge >= 0.3 is 5.97 Å². The smallest absolute Gasteiger partial charge is 0.332 e. The van der Waals surface area contributed by atoms with Crippen molar-refractivity contribution in [3.05, 3.63) is 12.2 Å². The zero-order chi connectivity index (χ0) is 11.6. The number of hydrogen-bond acceptors (Lipinski definition) is 4. The Morgan fingerprint density at radius 1 is 1.50 bits per heavy atom. The van der Waals surface area contributed by atoms with Crippen molar-refractivity contribution in [2.24, 2.45) is 0 Å². The Bertz CT molecular complexity index is 167. The predicted molar refractivity (Wildman–Crippen MR) is 57.1 cm³/mol. The molecule has 0 amide bonds. The molecule has 0 aliphatic heterocycles. The van der Waals surface area contributed by atoms with Gasteiger partial charge in [-0.2, -0.15) is 0 Å². The number of rotatable bonds is 4. The highest BCUT2D eigenvalue weighted by atomic mass is 16.5. The molecule has 0 rings (SSSR count). The van der Waals surface area contributed by atoms with Crippen molar-refractivity contribution in [2.75, 3.05) is 34.4 Å². The maximum absolute atomic E-state index is 10.2. The van der Waals surface area contributed by atoms with Gasteiger partial charge in [0.05, 0.1) is 7.11 Å². The molecule has 0 aromatic carbocycles. The SMILES string of the molecule is C=C(C)C(=O)OC.CN(C)CCCO. The summed E-state index contributed by atoms with van der Waals surface area (Å²) in [5.74, 6) is -0.347. The summed E-state index contributed by atoms with van der Waals surface area (Å²) in [5, 5.41) is 8.29. The fourth-order valence-electron chi connectivity index (χ4n) is 0.561. The maximum Gasteiger partial charge on any atom is 0.332 e. The molecule has 0 aliphatic rings. The molecule has 0 heterocycles. The van der Waals surface area contributed by atoms with E-state index in [-0.39, 0.29) is 5.97 Å². The van der Waals surface area contributed by atoms with Gasteiger partial charge in [0, 0.05) is 12.2 Å². The zero-order valence-corrected chi connectivity index (χ0v) is 9.54. The molecule has 0 saturated heterocycles. The lowest BCUT2D eigenvalue weighted by molar-refractivity contribution is -0.136. The molecule has 0 fully saturated rings. The summed E-state index contributed by atoms with van der Waals surface area (Å²) in [4.78, 5) is 12.2. The first-order chi connectivity index (χ1) is 6.45. The molecular formula is C10H21NO3. The van der Waals surface area contributed by atoms with E-state index in [1.807, 2.05) is 14.1 Å². The van der Waals surface area contributed by atoms with Crippen molar-refractivity contribution in [2.45, 2.75) is 13.3 Å². The third kappa shape index (κ3) is 13.7. The minimum Gasteiger partial charge on any atom is -0.466 e. The van der Waals surface area contributed by atoms with Crippen LogP contribution in [0.2, 0.25) is 0 Å². The van der Waals surface area contributed by atoms with Crippen molar-refractivity contribution >= 4 is 5.97 Å². The molecule has 0 atom stereocenters. The number of nitrogens with zero attached hydrogens (tertiary/aromatic N) is 1. The predicted octanol–water partition coefficient (Wildman–Crippen LogP) is 0.666. The Balaban J connectivity index is 0. The summed E-state index contributed by atoms with van der Waals surface area (Å²) in [6, 6.07) is 0. The monoisotopic (exact) mass is 203 g/mol. The maximum atomic E-state index is 10.2. The van der Waals surface area contributed by atoms with E-state index in [0.29, 0.717) is 12.2 Å². The first-order valence-electron chi connectivity index (χ1n) is 4.45. The Hall–Kier alpha value is -0.870. The van der Waals surface area contributed by atoms with Gasteiger partial charge in [-0.15, -0.1) is 0 Å². The average molecular weight is 203 g/mol. The lowest BCUT2D eigenvalue weighted by atomic mass is 10.4. The van der Waals surface area contributed by atoms with Crippen LogP contribution in [0.3, 0.4) is 0 Å². The summed E-state index contributed by atoms with van der Waals surface area (Å²) in [6.45, 7) is 6.24. The molecule has 0 radical (unpaired) electrons. The molecule has 0 unspecified atom stereocenters. The third-order valence-electron chi connectivity index (χ3n) is 1.30. The van der Waals surface area contributed by atoms with Gasteiger partial charge in [0.25, 0.3) is 0 Å². The van der Waals surface area contributed by atoms with Gasteiger partial charge in [0.15, 0.2) is 0 Å². The van der Waals surface area contributed by atoms with Crippen LogP contribution < -0.4 is 0 Å². The average Bonchev–Trinajstić information content (AvgIpc) is 2.14. The molecule has 0 aromatic rings. The summed E-state index contributed by atoms with van der Waals surface area (Å²) >= 11 is 0. The second-order valence-corrected chi connectivity index (χ2v) is 3.15. The minimum atomic E-state index is -0.347. The van der Waals surface area contributed by atoms with E-state index >= 15 is 0 Å². The van der Waals surface area contributed by atoms with Gasteiger partial charge in [-0.05, 0) is 34.0 Å². The molecule has 0 bridgehead atoms. The van der Waals surface area contributed by atoms with Crippen molar-refractivity contribution in [3.8, 4) is 0 Å². The summed E-state index contributed by atoms with van der Waals surface area (Å²) in [6.07, 6.45) is 0.882. The van der Waals surface area contributed by atoms with Crippen molar-refractivity contribution in [1.29, 1.82) is 0 Å². The number of ether oxygens (including phenoxy) is 1. The highest BCUT2D eigenvalue weighted by Crippen LogP contribution is 1.87. The Labute approximate surface area is 86.2 Å². The Morgan fingerprint density at radius 2 is 2.00 bits per heavy atom. The zero-order valence-electron chi connectivity index (χ0n) is 9.54. The second kappa shape index (κ2) is 10.2. The number of hydrogen-bond donors (Lipinski definition) is 1. The van der Waals surface area contributed by atoms with E-state index in [1.54, 1.807) is 6.92 Å². The topological polar surface area (TPSA) is 49.8 Å². The van der Waals surface area contributed by atoms with Crippen LogP contribution in [0.5, 0.6) is 0 Å². The third-order valence-corrected chi connectivity index (χ3v) is 1.30. The van der Waals surface area contributed by atoms with Gasteiger partial charge in [0.1, 0.15) is 0 Å². The van der Waals surface area contributed by atoms with E-state index < -0.39 is 0 Å². The van der Waals surface area contributed by atoms with E-state index in [4.69, 9.17) is 5.11 Å². The van der Waals surface area contributed by atoms with Crippen LogP contribution in [-0.4, -0.2) is 50.3 Å². The van der Waals surface area contributed by atoms with Crippen LogP contribution in [0.15, 0.2) is 12.2 Å². The number of carbonyl (C=O) groups is 1. The van der Waals surface area contributed by atoms with Gasteiger partial charge in [-0.25, -0.2) is 4.79 Å². The number of aliphatic hydroxyl groups is 1. The summed E-state index contributed by atoms with van der Waals surface area (Å²) in [5.41, 5.74) is 0.433. The number of aliphatic hydroxyl groups excluding tert-OH is 1. The lowest BCUT2D eigenvalue weighted by Crippen LogP contribution is -2.13. The van der Waals surface area contributed by atoms with Gasteiger partial charge in [0.2, 0.25) is 0 Å². The molecular weight excluding hydrogens is 182 g/mol. The van der Waals surface area contributed by atoms with E-state index in [9.17, 15) is 4.79 Å². The van der Waals surface area contributed by atoms with E-state index in [0.717, 1.165) is 13.0 Å². The summed E-state index contributed by atoms with van der Waals surface area (Å²) in [7, 11) is 5.32. The number of esters is 1. The minimum absolute atomic E-state index is 0.304. The molecule has 4 heteroatoms. The van der Waals surface area contributed by atoms with Crippen LogP contribution in [0, 0.1) is 0 Å². The van der Waals surface area contributed by atoms with Crippen LogP contribution in [-0.2, 0) is 9.53 Å². The molecule has 0 aliphatic carbocycles. The standard InChI is InChI=1S/C5H13NO.C5H8O2/c1-6(2)4-3-5-7;1-4(2)5(6)7-3/h7H,3-5H2,1-2H3;1H2,2-3H3. The highest BCUT2D eigenvalue weighted by Gasteiger charge is 1.95. The first kappa shape index (κ1) is 15.6. The second-order valence-electron chi connectivity index (χ2n) is 3.15. The van der Waals surface area contributed by atoms with Crippen molar-refractivity contribution in [3.63, 3.8) is 0 Å². The lowest BCUT2D eigenvalue weighted by Gasteiger charge is -2.05. The molecule has 0 aromatic heterocycles. The van der Waals surface area contributed by atoms with E-state index in [2.05, 4.69) is 16.2 Å². The van der Waals surface area contributed by atoms with Crippen molar-refractivity contribution < 1.29 is 14.6 Å².